The number of aromatic amines is 3. The highest BCUT2D eigenvalue weighted by atomic mass is 16.2. The number of benzene rings is 1. The van der Waals surface area contributed by atoms with Gasteiger partial charge in [-0.05, 0) is 64.8 Å². The summed E-state index contributed by atoms with van der Waals surface area (Å²) in [5.41, 5.74) is 23.0. The molecule has 22 heteroatoms. The lowest BCUT2D eigenvalue weighted by Crippen LogP contribution is -2.48. The van der Waals surface area contributed by atoms with Crippen LogP contribution < -0.4 is 49.1 Å². The first kappa shape index (κ1) is 48.3. The molecule has 0 aliphatic rings. The smallest absolute Gasteiger partial charge is 0.296 e. The standard InChI is InChI=1S/C41H57N15O7/c1-6-25-28(15-47-36(59)31(42)18-50-37(60)32-9-10-33(55-32)40(63)56-41(43)44)26(7-2)30(17-49-39(62)35(54-22(5)58)12-24-14-46-20-52-24)27(8-3)29(25)16-48-38(61)34(53-21(4)57)11-23-13-45-19-51-23/h9-10,13-14,19-20,31,34-35,55H,6-8,11-12,15-18,42H2,1-5H3,(H,45,51)(H,46,52)(H,47,59)(H,48,61)(H,49,62)(H,50,60)(H,53,57)(H,54,58)(H4,43,44,56,63). The number of nitrogens with two attached hydrogens (primary N) is 3. The van der Waals surface area contributed by atoms with E-state index in [9.17, 15) is 33.6 Å². The normalized spacial score (nSPS) is 12.3. The molecule has 0 aliphatic heterocycles. The summed E-state index contributed by atoms with van der Waals surface area (Å²) in [6.07, 6.45) is 7.92. The Morgan fingerprint density at radius 1 is 0.635 bits per heavy atom. The zero-order chi connectivity index (χ0) is 46.2. The molecular formula is C41H57N15O7. The van der Waals surface area contributed by atoms with Crippen molar-refractivity contribution in [1.29, 1.82) is 0 Å². The van der Waals surface area contributed by atoms with E-state index in [1.807, 2.05) is 20.8 Å². The van der Waals surface area contributed by atoms with Crippen LogP contribution in [-0.4, -0.2) is 96.9 Å². The predicted molar refractivity (Wildman–Crippen MR) is 231 cm³/mol. The fraction of sp³-hybridized carbons (Fsp3) is 0.415. The predicted octanol–water partition coefficient (Wildman–Crippen LogP) is -1.34. The number of nitrogens with one attached hydrogen (secondary N) is 9. The van der Waals surface area contributed by atoms with Crippen molar-refractivity contribution in [1.82, 2.24) is 56.8 Å². The molecule has 3 atom stereocenters. The quantitative estimate of drug-likeness (QED) is 0.0323. The second-order valence-electron chi connectivity index (χ2n) is 14.6. The van der Waals surface area contributed by atoms with E-state index in [2.05, 4.69) is 61.8 Å². The molecule has 1 aromatic carbocycles. The molecule has 4 aromatic rings. The third kappa shape index (κ3) is 13.6. The third-order valence-corrected chi connectivity index (χ3v) is 10.1. The van der Waals surface area contributed by atoms with Crippen molar-refractivity contribution in [2.45, 2.75) is 104 Å². The molecule has 0 radical (unpaired) electrons. The van der Waals surface area contributed by atoms with Gasteiger partial charge in [-0.2, -0.15) is 4.99 Å². The number of rotatable bonds is 22. The molecule has 22 nitrogen and oxygen atoms in total. The third-order valence-electron chi connectivity index (χ3n) is 10.1. The van der Waals surface area contributed by atoms with Crippen molar-refractivity contribution in [2.75, 3.05) is 6.54 Å². The lowest BCUT2D eigenvalue weighted by atomic mass is 9.83. The Kier molecular flexibility index (Phi) is 17.7. The van der Waals surface area contributed by atoms with Gasteiger partial charge in [-0.1, -0.05) is 20.8 Å². The fourth-order valence-corrected chi connectivity index (χ4v) is 7.28. The molecule has 0 bridgehead atoms. The van der Waals surface area contributed by atoms with Gasteiger partial charge in [0.15, 0.2) is 5.96 Å². The molecule has 63 heavy (non-hydrogen) atoms. The monoisotopic (exact) mass is 871 g/mol. The van der Waals surface area contributed by atoms with E-state index in [-0.39, 0.29) is 62.2 Å². The first-order valence-electron chi connectivity index (χ1n) is 20.4. The number of hydrogen-bond acceptors (Lipinski definition) is 10. The fourth-order valence-electron chi connectivity index (χ4n) is 7.28. The van der Waals surface area contributed by atoms with E-state index in [1.165, 1.54) is 38.6 Å². The van der Waals surface area contributed by atoms with Gasteiger partial charge in [0, 0.05) is 76.6 Å². The molecule has 0 fully saturated rings. The van der Waals surface area contributed by atoms with Crippen LogP contribution in [0, 0.1) is 0 Å². The van der Waals surface area contributed by atoms with Gasteiger partial charge >= 0.3 is 0 Å². The Bertz CT molecular complexity index is 2180. The zero-order valence-electron chi connectivity index (χ0n) is 36.0. The molecule has 4 rings (SSSR count). The molecule has 3 aromatic heterocycles. The average molecular weight is 872 g/mol. The molecule has 0 aliphatic carbocycles. The first-order valence-corrected chi connectivity index (χ1v) is 20.4. The topological polar surface area (TPSA) is 355 Å². The molecule has 0 saturated carbocycles. The summed E-state index contributed by atoms with van der Waals surface area (Å²) in [6.45, 7) is 8.38. The summed E-state index contributed by atoms with van der Waals surface area (Å²) in [5.74, 6) is -4.07. The van der Waals surface area contributed by atoms with Crippen molar-refractivity contribution in [2.24, 2.45) is 22.2 Å². The van der Waals surface area contributed by atoms with Gasteiger partial charge in [0.25, 0.3) is 11.8 Å². The summed E-state index contributed by atoms with van der Waals surface area (Å²) >= 11 is 0. The summed E-state index contributed by atoms with van der Waals surface area (Å²) in [5, 5.41) is 16.9. The number of H-pyrrole nitrogens is 3. The van der Waals surface area contributed by atoms with Crippen molar-refractivity contribution in [3.05, 3.63) is 93.3 Å². The summed E-state index contributed by atoms with van der Waals surface area (Å²) < 4.78 is 0. The number of carbonyl (C=O) groups excluding carboxylic acids is 7. The lowest BCUT2D eigenvalue weighted by molar-refractivity contribution is -0.128. The van der Waals surface area contributed by atoms with Crippen LogP contribution in [0.1, 0.15) is 100 Å². The van der Waals surface area contributed by atoms with Crippen molar-refractivity contribution in [3.63, 3.8) is 0 Å². The van der Waals surface area contributed by atoms with Gasteiger partial charge in [0.1, 0.15) is 29.5 Å². The molecule has 0 spiro atoms. The number of nitrogens with zero attached hydrogens (tertiary/aromatic N) is 3. The minimum atomic E-state index is -1.18. The number of aromatic nitrogens is 5. The second kappa shape index (κ2) is 23.0. The maximum atomic E-state index is 13.7. The van der Waals surface area contributed by atoms with Crippen LogP contribution in [0.15, 0.2) is 42.2 Å². The summed E-state index contributed by atoms with van der Waals surface area (Å²) in [7, 11) is 0. The Balaban J connectivity index is 1.63. The number of guanidine groups is 1. The maximum absolute atomic E-state index is 13.7. The van der Waals surface area contributed by atoms with E-state index in [0.29, 0.717) is 30.7 Å². The number of carbonyl (C=O) groups is 7. The van der Waals surface area contributed by atoms with Crippen LogP contribution in [0.4, 0.5) is 0 Å². The van der Waals surface area contributed by atoms with Crippen LogP contribution in [0.5, 0.6) is 0 Å². The summed E-state index contributed by atoms with van der Waals surface area (Å²) in [6, 6.07) is -0.330. The van der Waals surface area contributed by atoms with Crippen LogP contribution in [0.2, 0.25) is 0 Å². The van der Waals surface area contributed by atoms with Crippen LogP contribution >= 0.6 is 0 Å². The molecule has 7 amide bonds. The first-order chi connectivity index (χ1) is 30.1. The van der Waals surface area contributed by atoms with Gasteiger partial charge in [0.2, 0.25) is 29.5 Å². The van der Waals surface area contributed by atoms with Crippen molar-refractivity contribution in [3.8, 4) is 0 Å². The molecular weight excluding hydrogens is 815 g/mol. The SMILES string of the molecule is CCc1c(CNC(=O)C(N)CNC(=O)c2ccc(C(=O)N=C(N)N)[nH]2)c(CC)c(CNC(=O)C(Cc2cnc[nH]2)NC(C)=O)c(CC)c1CNC(=O)C(Cc1cnc[nH]1)NC(C)=O. The zero-order valence-corrected chi connectivity index (χ0v) is 36.0. The summed E-state index contributed by atoms with van der Waals surface area (Å²) in [4.78, 5) is 110. The van der Waals surface area contributed by atoms with Crippen molar-refractivity contribution < 1.29 is 33.6 Å². The highest BCUT2D eigenvalue weighted by Crippen LogP contribution is 2.31. The van der Waals surface area contributed by atoms with E-state index in [0.717, 1.165) is 33.4 Å². The Morgan fingerprint density at radius 3 is 1.44 bits per heavy atom. The van der Waals surface area contributed by atoms with E-state index < -0.39 is 53.6 Å². The van der Waals surface area contributed by atoms with Gasteiger partial charge in [0.05, 0.1) is 12.7 Å². The highest BCUT2D eigenvalue weighted by Gasteiger charge is 2.27. The number of amides is 7. The highest BCUT2D eigenvalue weighted by molar-refractivity contribution is 6.02. The number of imidazole rings is 2. The molecule has 3 heterocycles. The Morgan fingerprint density at radius 2 is 1.06 bits per heavy atom. The second-order valence-corrected chi connectivity index (χ2v) is 14.6. The van der Waals surface area contributed by atoms with Gasteiger partial charge in [-0.15, -0.1) is 0 Å². The van der Waals surface area contributed by atoms with Gasteiger partial charge in [-0.3, -0.25) is 33.6 Å². The number of aliphatic imine (C=N–C) groups is 1. The van der Waals surface area contributed by atoms with E-state index in [4.69, 9.17) is 17.2 Å². The van der Waals surface area contributed by atoms with Crippen LogP contribution in [-0.2, 0) is 75.7 Å². The van der Waals surface area contributed by atoms with Gasteiger partial charge in [-0.25, -0.2) is 9.97 Å². The van der Waals surface area contributed by atoms with E-state index >= 15 is 0 Å². The van der Waals surface area contributed by atoms with E-state index in [1.54, 1.807) is 12.4 Å². The van der Waals surface area contributed by atoms with Crippen molar-refractivity contribution >= 4 is 47.3 Å². The molecule has 15 N–H and O–H groups in total. The lowest BCUT2D eigenvalue weighted by Gasteiger charge is -2.28. The minimum absolute atomic E-state index is 0.00822. The Hall–Kier alpha value is -7.36. The number of hydrogen-bond donors (Lipinski definition) is 12. The molecule has 338 valence electrons. The van der Waals surface area contributed by atoms with Crippen LogP contribution in [0.25, 0.3) is 0 Å². The van der Waals surface area contributed by atoms with Crippen LogP contribution in [0.3, 0.4) is 0 Å². The minimum Gasteiger partial charge on any atom is -0.370 e. The largest absolute Gasteiger partial charge is 0.370 e. The average Bonchev–Trinajstić information content (AvgIpc) is 4.06. The maximum Gasteiger partial charge on any atom is 0.296 e. The van der Waals surface area contributed by atoms with Gasteiger partial charge < -0.3 is 64.1 Å². The molecule has 0 saturated heterocycles. The Labute approximate surface area is 363 Å². The molecule has 3 unspecified atom stereocenters.